The van der Waals surface area contributed by atoms with Crippen LogP contribution in [-0.4, -0.2) is 26.5 Å². The average molecular weight is 347 g/mol. The van der Waals surface area contributed by atoms with Crippen LogP contribution in [0.2, 0.25) is 0 Å². The Labute approximate surface area is 152 Å². The monoisotopic (exact) mass is 347 g/mol. The van der Waals surface area contributed by atoms with Crippen LogP contribution < -0.4 is 5.56 Å². The van der Waals surface area contributed by atoms with Gasteiger partial charge in [0.15, 0.2) is 0 Å². The van der Waals surface area contributed by atoms with Gasteiger partial charge in [0.05, 0.1) is 11.3 Å². The minimum absolute atomic E-state index is 0.0768. The lowest BCUT2D eigenvalue weighted by Gasteiger charge is -2.28. The van der Waals surface area contributed by atoms with E-state index in [0.717, 1.165) is 40.9 Å². The normalized spacial score (nSPS) is 14.2. The van der Waals surface area contributed by atoms with Crippen molar-refractivity contribution in [3.05, 3.63) is 81.3 Å². The Kier molecular flexibility index (Phi) is 4.31. The van der Waals surface area contributed by atoms with E-state index >= 15 is 0 Å². The number of benzene rings is 2. The maximum atomic E-state index is 12.6. The molecule has 5 heteroatoms. The van der Waals surface area contributed by atoms with Crippen molar-refractivity contribution in [3.63, 3.8) is 0 Å². The lowest BCUT2D eigenvalue weighted by Crippen LogP contribution is -2.35. The predicted molar refractivity (Wildman–Crippen MR) is 101 cm³/mol. The van der Waals surface area contributed by atoms with E-state index in [2.05, 4.69) is 14.9 Å². The first-order valence-corrected chi connectivity index (χ1v) is 8.78. The SMILES string of the molecule is Cc1ccc(O)c(CN2CCc3nc(-c4ccccc4)[nH]c(=O)c3C2)c1. The number of rotatable bonds is 3. The smallest absolute Gasteiger partial charge is 0.255 e. The second kappa shape index (κ2) is 6.77. The zero-order valence-corrected chi connectivity index (χ0v) is 14.7. The number of nitrogens with one attached hydrogen (secondary N) is 1. The summed E-state index contributed by atoms with van der Waals surface area (Å²) in [5.74, 6) is 0.923. The van der Waals surface area contributed by atoms with Crippen LogP contribution in [0.1, 0.15) is 22.4 Å². The number of hydrogen-bond donors (Lipinski definition) is 2. The number of phenolic OH excluding ortho intramolecular Hbond substituents is 1. The summed E-state index contributed by atoms with van der Waals surface area (Å²) in [6.45, 7) is 3.98. The maximum absolute atomic E-state index is 12.6. The minimum atomic E-state index is -0.0768. The Morgan fingerprint density at radius 3 is 2.81 bits per heavy atom. The van der Waals surface area contributed by atoms with E-state index in [1.165, 1.54) is 0 Å². The summed E-state index contributed by atoms with van der Waals surface area (Å²) in [5.41, 5.74) is 4.44. The van der Waals surface area contributed by atoms with E-state index in [-0.39, 0.29) is 5.56 Å². The number of nitrogens with zero attached hydrogens (tertiary/aromatic N) is 2. The lowest BCUT2D eigenvalue weighted by atomic mass is 10.0. The van der Waals surface area contributed by atoms with Crippen molar-refractivity contribution in [2.45, 2.75) is 26.4 Å². The van der Waals surface area contributed by atoms with Gasteiger partial charge < -0.3 is 10.1 Å². The Morgan fingerprint density at radius 2 is 2.00 bits per heavy atom. The summed E-state index contributed by atoms with van der Waals surface area (Å²) >= 11 is 0. The van der Waals surface area contributed by atoms with E-state index in [4.69, 9.17) is 0 Å². The molecule has 0 atom stereocenters. The van der Waals surface area contributed by atoms with Crippen LogP contribution in [0, 0.1) is 6.92 Å². The van der Waals surface area contributed by atoms with Gasteiger partial charge in [-0.3, -0.25) is 9.69 Å². The number of aromatic amines is 1. The molecule has 3 aromatic rings. The Balaban J connectivity index is 1.59. The molecule has 132 valence electrons. The molecule has 5 nitrogen and oxygen atoms in total. The fourth-order valence-corrected chi connectivity index (χ4v) is 3.43. The third-order valence-corrected chi connectivity index (χ3v) is 4.82. The van der Waals surface area contributed by atoms with Gasteiger partial charge in [-0.1, -0.05) is 48.0 Å². The quantitative estimate of drug-likeness (QED) is 0.764. The fourth-order valence-electron chi connectivity index (χ4n) is 3.43. The second-order valence-corrected chi connectivity index (χ2v) is 6.80. The molecule has 0 saturated heterocycles. The van der Waals surface area contributed by atoms with Crippen molar-refractivity contribution >= 4 is 0 Å². The largest absolute Gasteiger partial charge is 0.508 e. The van der Waals surface area contributed by atoms with Crippen LogP contribution in [0.25, 0.3) is 11.4 Å². The van der Waals surface area contributed by atoms with Crippen molar-refractivity contribution in [2.75, 3.05) is 6.54 Å². The number of aromatic hydroxyl groups is 1. The molecule has 1 aromatic heterocycles. The zero-order valence-electron chi connectivity index (χ0n) is 14.7. The van der Waals surface area contributed by atoms with Gasteiger partial charge in [0, 0.05) is 37.2 Å². The third-order valence-electron chi connectivity index (χ3n) is 4.82. The van der Waals surface area contributed by atoms with Crippen molar-refractivity contribution in [3.8, 4) is 17.1 Å². The summed E-state index contributed by atoms with van der Waals surface area (Å²) in [4.78, 5) is 22.4. The number of hydrogen-bond acceptors (Lipinski definition) is 4. The Morgan fingerprint density at radius 1 is 1.19 bits per heavy atom. The van der Waals surface area contributed by atoms with E-state index in [0.29, 0.717) is 24.7 Å². The van der Waals surface area contributed by atoms with Gasteiger partial charge in [-0.2, -0.15) is 0 Å². The van der Waals surface area contributed by atoms with Gasteiger partial charge in [-0.05, 0) is 13.0 Å². The molecule has 0 amide bonds. The molecule has 0 unspecified atom stereocenters. The van der Waals surface area contributed by atoms with Gasteiger partial charge in [-0.25, -0.2) is 4.98 Å². The van der Waals surface area contributed by atoms with Crippen LogP contribution in [0.3, 0.4) is 0 Å². The average Bonchev–Trinajstić information content (AvgIpc) is 2.66. The van der Waals surface area contributed by atoms with Crippen LogP contribution in [-0.2, 0) is 19.5 Å². The predicted octanol–water partition coefficient (Wildman–Crippen LogP) is 3.01. The van der Waals surface area contributed by atoms with Crippen molar-refractivity contribution < 1.29 is 5.11 Å². The molecule has 1 aliphatic heterocycles. The first kappa shape index (κ1) is 16.5. The Bertz CT molecular complexity index is 996. The van der Waals surface area contributed by atoms with Crippen LogP contribution in [0.4, 0.5) is 0 Å². The van der Waals surface area contributed by atoms with Gasteiger partial charge >= 0.3 is 0 Å². The van der Waals surface area contributed by atoms with Gasteiger partial charge in [0.2, 0.25) is 0 Å². The topological polar surface area (TPSA) is 69.2 Å². The highest BCUT2D eigenvalue weighted by Gasteiger charge is 2.22. The highest BCUT2D eigenvalue weighted by atomic mass is 16.3. The number of phenols is 1. The first-order valence-electron chi connectivity index (χ1n) is 8.78. The van der Waals surface area contributed by atoms with Crippen LogP contribution in [0.15, 0.2) is 53.3 Å². The molecule has 0 saturated carbocycles. The summed E-state index contributed by atoms with van der Waals surface area (Å²) in [7, 11) is 0. The fraction of sp³-hybridized carbons (Fsp3) is 0.238. The molecule has 2 N–H and O–H groups in total. The third kappa shape index (κ3) is 3.26. The number of aryl methyl sites for hydroxylation is 1. The second-order valence-electron chi connectivity index (χ2n) is 6.80. The maximum Gasteiger partial charge on any atom is 0.255 e. The van der Waals surface area contributed by atoms with E-state index in [1.807, 2.05) is 49.4 Å². The number of aromatic nitrogens is 2. The molecule has 0 spiro atoms. The minimum Gasteiger partial charge on any atom is -0.508 e. The first-order chi connectivity index (χ1) is 12.6. The highest BCUT2D eigenvalue weighted by molar-refractivity contribution is 5.54. The molecule has 26 heavy (non-hydrogen) atoms. The van der Waals surface area contributed by atoms with E-state index in [9.17, 15) is 9.90 Å². The van der Waals surface area contributed by atoms with Crippen LogP contribution >= 0.6 is 0 Å². The summed E-state index contributed by atoms with van der Waals surface area (Å²) < 4.78 is 0. The summed E-state index contributed by atoms with van der Waals surface area (Å²) in [6.07, 6.45) is 0.728. The van der Waals surface area contributed by atoms with Crippen molar-refractivity contribution in [2.24, 2.45) is 0 Å². The molecule has 2 heterocycles. The molecule has 0 fully saturated rings. The van der Waals surface area contributed by atoms with Crippen LogP contribution in [0.5, 0.6) is 5.75 Å². The lowest BCUT2D eigenvalue weighted by molar-refractivity contribution is 0.238. The molecule has 0 radical (unpaired) electrons. The molecule has 0 aliphatic carbocycles. The molecular weight excluding hydrogens is 326 g/mol. The molecule has 0 bridgehead atoms. The molecular formula is C21H21N3O2. The molecule has 1 aliphatic rings. The number of H-pyrrole nitrogens is 1. The van der Waals surface area contributed by atoms with Gasteiger partial charge in [-0.15, -0.1) is 0 Å². The van der Waals surface area contributed by atoms with Gasteiger partial charge in [0.25, 0.3) is 5.56 Å². The number of fused-ring (bicyclic) bond motifs is 1. The van der Waals surface area contributed by atoms with E-state index in [1.54, 1.807) is 6.07 Å². The highest BCUT2D eigenvalue weighted by Crippen LogP contribution is 2.24. The molecule has 4 rings (SSSR count). The summed E-state index contributed by atoms with van der Waals surface area (Å²) in [5, 5.41) is 10.1. The van der Waals surface area contributed by atoms with E-state index < -0.39 is 0 Å². The summed E-state index contributed by atoms with van der Waals surface area (Å²) in [6, 6.07) is 15.3. The van der Waals surface area contributed by atoms with Crippen molar-refractivity contribution in [1.82, 2.24) is 14.9 Å². The van der Waals surface area contributed by atoms with Gasteiger partial charge in [0.1, 0.15) is 11.6 Å². The van der Waals surface area contributed by atoms with Crippen molar-refractivity contribution in [1.29, 1.82) is 0 Å². The standard InChI is InChI=1S/C21H21N3O2/c1-14-7-8-19(25)16(11-14)12-24-10-9-18-17(13-24)21(26)23-20(22-18)15-5-3-2-4-6-15/h2-8,11,25H,9-10,12-13H2,1H3,(H,22,23,26). The zero-order chi connectivity index (χ0) is 18.1. The Hall–Kier alpha value is -2.92. The molecule has 2 aromatic carbocycles.